The van der Waals surface area contributed by atoms with E-state index >= 15 is 0 Å². The van der Waals surface area contributed by atoms with Gasteiger partial charge in [0.1, 0.15) is 0 Å². The van der Waals surface area contributed by atoms with E-state index in [1.54, 1.807) is 22.6 Å². The molecule has 0 fully saturated rings. The van der Waals surface area contributed by atoms with Crippen LogP contribution < -0.4 is 9.47 Å². The summed E-state index contributed by atoms with van der Waals surface area (Å²) in [5, 5.41) is 8.93. The van der Waals surface area contributed by atoms with Gasteiger partial charge in [-0.05, 0) is 22.6 Å². The van der Waals surface area contributed by atoms with E-state index in [9.17, 15) is 13.2 Å². The Morgan fingerprint density at radius 3 is 2.56 bits per heavy atom. The fourth-order valence-corrected chi connectivity index (χ4v) is 1.61. The summed E-state index contributed by atoms with van der Waals surface area (Å²) in [4.78, 5) is 3.48. The Kier molecular flexibility index (Phi) is 4.19. The summed E-state index contributed by atoms with van der Waals surface area (Å²) in [5.41, 5.74) is -0.0290. The first-order valence-corrected chi connectivity index (χ1v) is 5.05. The molecule has 0 spiro atoms. The van der Waals surface area contributed by atoms with Crippen molar-refractivity contribution in [2.45, 2.75) is 13.0 Å². The van der Waals surface area contributed by atoms with E-state index in [2.05, 4.69) is 9.72 Å². The molecule has 1 heterocycles. The number of halogens is 4. The van der Waals surface area contributed by atoms with Crippen molar-refractivity contribution in [2.75, 3.05) is 7.11 Å². The zero-order chi connectivity index (χ0) is 12.3. The van der Waals surface area contributed by atoms with Crippen LogP contribution >= 0.6 is 22.6 Å². The average Bonchev–Trinajstić information content (AvgIpc) is 2.14. The second-order valence-electron chi connectivity index (χ2n) is 2.64. The van der Waals surface area contributed by atoms with Crippen LogP contribution in [-0.2, 0) is 6.61 Å². The molecule has 0 atom stereocenters. The van der Waals surface area contributed by atoms with Crippen molar-refractivity contribution in [1.29, 1.82) is 0 Å². The van der Waals surface area contributed by atoms with Crippen LogP contribution in [-0.4, -0.2) is 23.6 Å². The number of rotatable bonds is 3. The summed E-state index contributed by atoms with van der Waals surface area (Å²) in [6, 6.07) is 1.40. The second kappa shape index (κ2) is 5.04. The quantitative estimate of drug-likeness (QED) is 0.850. The van der Waals surface area contributed by atoms with Gasteiger partial charge in [0.05, 0.1) is 19.3 Å². The van der Waals surface area contributed by atoms with E-state index in [1.165, 1.54) is 13.2 Å². The van der Waals surface area contributed by atoms with Gasteiger partial charge in [-0.3, -0.25) is 0 Å². The molecule has 0 saturated heterocycles. The molecule has 0 bridgehead atoms. The Bertz CT molecular complexity index is 384. The van der Waals surface area contributed by atoms with E-state index in [-0.39, 0.29) is 11.4 Å². The number of hydrogen-bond acceptors (Lipinski definition) is 4. The van der Waals surface area contributed by atoms with Gasteiger partial charge in [-0.15, -0.1) is 13.2 Å². The van der Waals surface area contributed by atoms with Crippen LogP contribution in [0.2, 0.25) is 0 Å². The highest BCUT2D eigenvalue weighted by Crippen LogP contribution is 2.30. The Labute approximate surface area is 103 Å². The average molecular weight is 349 g/mol. The maximum absolute atomic E-state index is 12.0. The predicted molar refractivity (Wildman–Crippen MR) is 56.1 cm³/mol. The molecule has 4 nitrogen and oxygen atoms in total. The number of aromatic nitrogens is 1. The molecule has 0 saturated carbocycles. The van der Waals surface area contributed by atoms with Crippen molar-refractivity contribution in [3.63, 3.8) is 0 Å². The SMILES string of the molecule is COc1cc(I)c(CO)c(OC(F)(F)F)n1. The molecule has 0 aromatic carbocycles. The summed E-state index contributed by atoms with van der Waals surface area (Å²) >= 11 is 1.76. The lowest BCUT2D eigenvalue weighted by atomic mass is 10.3. The zero-order valence-corrected chi connectivity index (χ0v) is 10.2. The smallest absolute Gasteiger partial charge is 0.481 e. The maximum Gasteiger partial charge on any atom is 0.574 e. The summed E-state index contributed by atoms with van der Waals surface area (Å²) in [6.45, 7) is -0.597. The molecule has 8 heteroatoms. The molecule has 1 N–H and O–H groups in total. The van der Waals surface area contributed by atoms with E-state index < -0.39 is 18.8 Å². The zero-order valence-electron chi connectivity index (χ0n) is 8.01. The molecule has 0 radical (unpaired) electrons. The number of methoxy groups -OCH3 is 1. The molecule has 0 unspecified atom stereocenters. The highest BCUT2D eigenvalue weighted by Gasteiger charge is 2.33. The number of nitrogens with zero attached hydrogens (tertiary/aromatic N) is 1. The maximum atomic E-state index is 12.0. The van der Waals surface area contributed by atoms with Gasteiger partial charge < -0.3 is 14.6 Å². The Hall–Kier alpha value is -0.770. The molecule has 0 aliphatic heterocycles. The lowest BCUT2D eigenvalue weighted by Crippen LogP contribution is -2.19. The molecule has 1 aromatic heterocycles. The Morgan fingerprint density at radius 2 is 2.12 bits per heavy atom. The minimum absolute atomic E-state index is 0.0131. The molecule has 0 amide bonds. The van der Waals surface area contributed by atoms with Crippen molar-refractivity contribution in [2.24, 2.45) is 0 Å². The Balaban J connectivity index is 3.18. The van der Waals surface area contributed by atoms with Crippen LogP contribution in [0.4, 0.5) is 13.2 Å². The van der Waals surface area contributed by atoms with Gasteiger partial charge in [-0.25, -0.2) is 0 Å². The highest BCUT2D eigenvalue weighted by molar-refractivity contribution is 14.1. The van der Waals surface area contributed by atoms with Gasteiger partial charge in [0.2, 0.25) is 11.8 Å². The van der Waals surface area contributed by atoms with Crippen molar-refractivity contribution in [1.82, 2.24) is 4.98 Å². The summed E-state index contributed by atoms with van der Waals surface area (Å²) in [6.07, 6.45) is -4.85. The minimum Gasteiger partial charge on any atom is -0.481 e. The van der Waals surface area contributed by atoms with Crippen molar-refractivity contribution >= 4 is 22.6 Å². The van der Waals surface area contributed by atoms with Gasteiger partial charge >= 0.3 is 6.36 Å². The third-order valence-electron chi connectivity index (χ3n) is 1.59. The van der Waals surface area contributed by atoms with Crippen molar-refractivity contribution in [3.8, 4) is 11.8 Å². The molecule has 1 rings (SSSR count). The van der Waals surface area contributed by atoms with Crippen LogP contribution in [0.3, 0.4) is 0 Å². The summed E-state index contributed by atoms with van der Waals surface area (Å²) < 4.78 is 44.9. The monoisotopic (exact) mass is 349 g/mol. The van der Waals surface area contributed by atoms with Crippen LogP contribution in [0.1, 0.15) is 5.56 Å². The fraction of sp³-hybridized carbons (Fsp3) is 0.375. The van der Waals surface area contributed by atoms with E-state index in [0.717, 1.165) is 0 Å². The molecular formula is C8H7F3INO3. The standard InChI is InChI=1S/C8H7F3INO3/c1-15-6-2-5(12)4(3-14)7(13-6)16-8(9,10)11/h2,14H,3H2,1H3. The normalized spacial score (nSPS) is 11.4. The second-order valence-corrected chi connectivity index (χ2v) is 3.80. The Morgan fingerprint density at radius 1 is 1.50 bits per heavy atom. The van der Waals surface area contributed by atoms with Gasteiger partial charge in [0.15, 0.2) is 0 Å². The topological polar surface area (TPSA) is 51.6 Å². The molecular weight excluding hydrogens is 342 g/mol. The van der Waals surface area contributed by atoms with Gasteiger partial charge in [0, 0.05) is 9.64 Å². The molecule has 0 aliphatic rings. The van der Waals surface area contributed by atoms with Crippen molar-refractivity contribution < 1.29 is 27.8 Å². The van der Waals surface area contributed by atoms with Crippen LogP contribution in [0.25, 0.3) is 0 Å². The first-order valence-electron chi connectivity index (χ1n) is 3.97. The first-order chi connectivity index (χ1) is 7.37. The van der Waals surface area contributed by atoms with E-state index in [1.807, 2.05) is 0 Å². The highest BCUT2D eigenvalue weighted by atomic mass is 127. The van der Waals surface area contributed by atoms with E-state index in [0.29, 0.717) is 3.57 Å². The molecule has 0 aliphatic carbocycles. The predicted octanol–water partition coefficient (Wildman–Crippen LogP) is 2.09. The number of aliphatic hydroxyl groups excluding tert-OH is 1. The number of alkyl halides is 3. The fourth-order valence-electron chi connectivity index (χ4n) is 0.939. The van der Waals surface area contributed by atoms with Crippen LogP contribution in [0, 0.1) is 3.57 Å². The summed E-state index contributed by atoms with van der Waals surface area (Å²) in [5.74, 6) is -0.709. The summed E-state index contributed by atoms with van der Waals surface area (Å²) in [7, 11) is 1.27. The third kappa shape index (κ3) is 3.37. The minimum atomic E-state index is -4.85. The largest absolute Gasteiger partial charge is 0.574 e. The third-order valence-corrected chi connectivity index (χ3v) is 2.55. The van der Waals surface area contributed by atoms with Crippen molar-refractivity contribution in [3.05, 3.63) is 15.2 Å². The number of pyridine rings is 1. The number of hydrogen-bond donors (Lipinski definition) is 1. The lowest BCUT2D eigenvalue weighted by Gasteiger charge is -2.13. The molecule has 90 valence electrons. The molecule has 16 heavy (non-hydrogen) atoms. The van der Waals surface area contributed by atoms with Gasteiger partial charge in [-0.1, -0.05) is 0 Å². The lowest BCUT2D eigenvalue weighted by molar-refractivity contribution is -0.276. The molecule has 1 aromatic rings. The van der Waals surface area contributed by atoms with Gasteiger partial charge in [0.25, 0.3) is 0 Å². The first kappa shape index (κ1) is 13.3. The van der Waals surface area contributed by atoms with Crippen LogP contribution in [0.5, 0.6) is 11.8 Å². The van der Waals surface area contributed by atoms with Crippen LogP contribution in [0.15, 0.2) is 6.07 Å². The number of aliphatic hydroxyl groups is 1. The number of ether oxygens (including phenoxy) is 2. The van der Waals surface area contributed by atoms with Gasteiger partial charge in [-0.2, -0.15) is 4.98 Å². The van der Waals surface area contributed by atoms with E-state index in [4.69, 9.17) is 9.84 Å².